The summed E-state index contributed by atoms with van der Waals surface area (Å²) >= 11 is 0. The monoisotopic (exact) mass is 301 g/mol. The van der Waals surface area contributed by atoms with Crippen molar-refractivity contribution in [2.24, 2.45) is 0 Å². The first kappa shape index (κ1) is 15.3. The highest BCUT2D eigenvalue weighted by atomic mass is 127. The van der Waals surface area contributed by atoms with E-state index in [1.165, 1.54) is 6.92 Å². The van der Waals surface area contributed by atoms with E-state index in [-0.39, 0.29) is 46.7 Å². The fourth-order valence-electron chi connectivity index (χ4n) is 0.967. The molecule has 0 fully saturated rings. The summed E-state index contributed by atoms with van der Waals surface area (Å²) < 4.78 is -0.0914. The van der Waals surface area contributed by atoms with Gasteiger partial charge in [-0.1, -0.05) is 0 Å². The van der Waals surface area contributed by atoms with Gasteiger partial charge in [-0.25, -0.2) is 0 Å². The fraction of sp³-hybridized carbons (Fsp3) is 0.625. The number of hydrogen-bond acceptors (Lipinski definition) is 3. The first-order valence-electron chi connectivity index (χ1n) is 3.67. The molecular weight excluding hydrogens is 285 g/mol. The van der Waals surface area contributed by atoms with Gasteiger partial charge in [-0.2, -0.15) is 0 Å². The van der Waals surface area contributed by atoms with Crippen molar-refractivity contribution in [1.29, 1.82) is 0 Å². The predicted octanol–water partition coefficient (Wildman–Crippen LogP) is -2.95. The number of aliphatic hydroxyl groups excluding tert-OH is 2. The number of carbonyl (C=O) groups is 1. The number of aliphatic hydroxyl groups is 2. The van der Waals surface area contributed by atoms with Crippen molar-refractivity contribution in [3.05, 3.63) is 12.5 Å². The van der Waals surface area contributed by atoms with Crippen LogP contribution in [0.3, 0.4) is 0 Å². The Morgan fingerprint density at radius 1 is 1.54 bits per heavy atom. The number of hydrogen-bond donors (Lipinski definition) is 2. The van der Waals surface area contributed by atoms with Crippen LogP contribution in [0.15, 0.2) is 12.5 Å². The molecule has 0 saturated heterocycles. The average molecular weight is 301 g/mol. The Bertz CT molecular complexity index is 204. The third kappa shape index (κ3) is 3.61. The normalized spacial score (nSPS) is 12.9. The molecule has 0 rings (SSSR count). The van der Waals surface area contributed by atoms with Crippen LogP contribution < -0.4 is 24.0 Å². The van der Waals surface area contributed by atoms with E-state index in [0.29, 0.717) is 0 Å². The molecule has 0 aromatic rings. The van der Waals surface area contributed by atoms with Gasteiger partial charge in [-0.3, -0.25) is 9.28 Å². The van der Waals surface area contributed by atoms with Gasteiger partial charge >= 0.3 is 0 Å². The first-order valence-corrected chi connectivity index (χ1v) is 3.67. The Hall–Kier alpha value is -0.140. The minimum absolute atomic E-state index is 0. The van der Waals surface area contributed by atoms with Crippen LogP contribution >= 0.6 is 0 Å². The molecular formula is C8H16INO3. The molecule has 0 aliphatic rings. The van der Waals surface area contributed by atoms with Gasteiger partial charge < -0.3 is 34.2 Å². The fourth-order valence-corrected chi connectivity index (χ4v) is 0.967. The lowest BCUT2D eigenvalue weighted by atomic mass is 10.1. The summed E-state index contributed by atoms with van der Waals surface area (Å²) in [6, 6.07) is -0.637. The number of Topliss-reactive ketones (excluding diaryl/α,β-unsaturated/α-hetero) is 1. The summed E-state index contributed by atoms with van der Waals surface area (Å²) in [6.45, 7) is 4.43. The number of halogens is 1. The summed E-state index contributed by atoms with van der Waals surface area (Å²) in [6.07, 6.45) is 0. The second-order valence-corrected chi connectivity index (χ2v) is 3.27. The Kier molecular flexibility index (Phi) is 6.56. The summed E-state index contributed by atoms with van der Waals surface area (Å²) in [5.41, 5.74) is 0. The van der Waals surface area contributed by atoms with Crippen LogP contribution in [-0.2, 0) is 4.79 Å². The lowest BCUT2D eigenvalue weighted by Gasteiger charge is -2.32. The molecule has 1 unspecified atom stereocenters. The molecule has 0 bridgehead atoms. The summed E-state index contributed by atoms with van der Waals surface area (Å²) in [4.78, 5) is 11.0. The highest BCUT2D eigenvalue weighted by molar-refractivity contribution is 5.80. The molecule has 0 amide bonds. The molecule has 13 heavy (non-hydrogen) atoms. The van der Waals surface area contributed by atoms with E-state index in [2.05, 4.69) is 6.58 Å². The molecule has 0 heterocycles. The van der Waals surface area contributed by atoms with E-state index >= 15 is 0 Å². The van der Waals surface area contributed by atoms with Crippen molar-refractivity contribution >= 4 is 5.78 Å². The maximum absolute atomic E-state index is 11.0. The molecule has 4 nitrogen and oxygen atoms in total. The summed E-state index contributed by atoms with van der Waals surface area (Å²) in [7, 11) is 3.23. The molecule has 0 aliphatic carbocycles. The van der Waals surface area contributed by atoms with Crippen LogP contribution in [0, 0.1) is 0 Å². The van der Waals surface area contributed by atoms with Gasteiger partial charge in [0.15, 0.2) is 11.8 Å². The van der Waals surface area contributed by atoms with E-state index in [1.54, 1.807) is 14.1 Å². The lowest BCUT2D eigenvalue weighted by Crippen LogP contribution is -3.00. The Morgan fingerprint density at radius 3 is 2.00 bits per heavy atom. The minimum atomic E-state index is -0.637. The smallest absolute Gasteiger partial charge is 0.281 e. The molecule has 0 aromatic heterocycles. The first-order chi connectivity index (χ1) is 5.34. The SMILES string of the molecule is C=C(O)[N+](C)(C)C(CO)C(C)=O.[I-]. The summed E-state index contributed by atoms with van der Waals surface area (Å²) in [5.74, 6) is -0.304. The number of carbonyl (C=O) groups excluding carboxylic acids is 1. The zero-order valence-electron chi connectivity index (χ0n) is 8.12. The molecule has 0 spiro atoms. The van der Waals surface area contributed by atoms with Gasteiger partial charge in [0, 0.05) is 13.5 Å². The zero-order valence-corrected chi connectivity index (χ0v) is 10.3. The third-order valence-electron chi connectivity index (χ3n) is 2.09. The van der Waals surface area contributed by atoms with Crippen LogP contribution in [0.5, 0.6) is 0 Å². The van der Waals surface area contributed by atoms with Gasteiger partial charge in [-0.15, -0.1) is 0 Å². The maximum Gasteiger partial charge on any atom is 0.281 e. The van der Waals surface area contributed by atoms with E-state index in [9.17, 15) is 4.79 Å². The lowest BCUT2D eigenvalue weighted by molar-refractivity contribution is -0.883. The van der Waals surface area contributed by atoms with E-state index < -0.39 is 6.04 Å². The standard InChI is InChI=1S/C8H15NO3.HI/c1-6(11)8(5-10)9(3,4)7(2)12;/h8,10H,2,5H2,1,3-4H3;1H. The van der Waals surface area contributed by atoms with E-state index in [0.717, 1.165) is 0 Å². The van der Waals surface area contributed by atoms with Gasteiger partial charge in [0.25, 0.3) is 5.88 Å². The molecule has 2 N–H and O–H groups in total. The molecule has 5 heteroatoms. The second kappa shape index (κ2) is 5.56. The molecule has 0 aromatic carbocycles. The maximum atomic E-state index is 11.0. The second-order valence-electron chi connectivity index (χ2n) is 3.27. The molecule has 0 saturated carbocycles. The minimum Gasteiger partial charge on any atom is -1.00 e. The van der Waals surface area contributed by atoms with Crippen LogP contribution in [0.1, 0.15) is 6.92 Å². The van der Waals surface area contributed by atoms with E-state index in [1.807, 2.05) is 0 Å². The third-order valence-corrected chi connectivity index (χ3v) is 2.09. The predicted molar refractivity (Wildman–Crippen MR) is 45.4 cm³/mol. The summed E-state index contributed by atoms with van der Waals surface area (Å²) in [5, 5.41) is 18.0. The Morgan fingerprint density at radius 2 is 1.92 bits per heavy atom. The van der Waals surface area contributed by atoms with Gasteiger partial charge in [0.1, 0.15) is 6.61 Å². The highest BCUT2D eigenvalue weighted by Crippen LogP contribution is 2.13. The Labute approximate surface area is 95.5 Å². The van der Waals surface area contributed by atoms with Gasteiger partial charge in [-0.05, 0) is 0 Å². The van der Waals surface area contributed by atoms with Crippen LogP contribution in [-0.4, -0.2) is 47.2 Å². The van der Waals surface area contributed by atoms with Crippen molar-refractivity contribution in [3.8, 4) is 0 Å². The Balaban J connectivity index is 0. The zero-order chi connectivity index (χ0) is 9.94. The number of likely N-dealkylation sites (N-methyl/N-ethyl adjacent to an activating group) is 1. The van der Waals surface area contributed by atoms with Crippen LogP contribution in [0.2, 0.25) is 0 Å². The number of rotatable bonds is 4. The number of ketones is 1. The average Bonchev–Trinajstić information content (AvgIpc) is 1.86. The van der Waals surface area contributed by atoms with Crippen molar-refractivity contribution in [2.75, 3.05) is 20.7 Å². The van der Waals surface area contributed by atoms with Crippen molar-refractivity contribution < 1.29 is 43.5 Å². The molecule has 0 radical (unpaired) electrons. The van der Waals surface area contributed by atoms with Crippen molar-refractivity contribution in [2.45, 2.75) is 13.0 Å². The molecule has 78 valence electrons. The number of nitrogens with zero attached hydrogens (tertiary/aromatic N) is 1. The van der Waals surface area contributed by atoms with Crippen LogP contribution in [0.25, 0.3) is 0 Å². The topological polar surface area (TPSA) is 57.5 Å². The van der Waals surface area contributed by atoms with Crippen molar-refractivity contribution in [3.63, 3.8) is 0 Å². The molecule has 0 aliphatic heterocycles. The van der Waals surface area contributed by atoms with Crippen molar-refractivity contribution in [1.82, 2.24) is 0 Å². The molecule has 1 atom stereocenters. The van der Waals surface area contributed by atoms with Crippen LogP contribution in [0.4, 0.5) is 0 Å². The highest BCUT2D eigenvalue weighted by Gasteiger charge is 2.34. The van der Waals surface area contributed by atoms with E-state index in [4.69, 9.17) is 10.2 Å². The quantitative estimate of drug-likeness (QED) is 0.332. The largest absolute Gasteiger partial charge is 1.00 e. The number of quaternary nitrogens is 1. The van der Waals surface area contributed by atoms with Gasteiger partial charge in [0.2, 0.25) is 0 Å². The van der Waals surface area contributed by atoms with Gasteiger partial charge in [0.05, 0.1) is 14.1 Å².